The normalized spacial score (nSPS) is 12.8. The van der Waals surface area contributed by atoms with Gasteiger partial charge in [-0.1, -0.05) is 35.5 Å². The fourth-order valence-electron chi connectivity index (χ4n) is 2.06. The third-order valence-electron chi connectivity index (χ3n) is 3.13. The van der Waals surface area contributed by atoms with Crippen LogP contribution in [0.3, 0.4) is 0 Å². The van der Waals surface area contributed by atoms with Gasteiger partial charge in [0.1, 0.15) is 11.4 Å². The minimum atomic E-state index is -3.71. The molecule has 0 aliphatic carbocycles. The molecule has 0 aliphatic rings. The molecule has 1 heterocycles. The Balaban J connectivity index is 2.07. The Morgan fingerprint density at radius 2 is 1.96 bits per heavy atom. The van der Waals surface area contributed by atoms with Crippen molar-refractivity contribution in [1.29, 1.82) is 0 Å². The highest BCUT2D eigenvalue weighted by Crippen LogP contribution is 2.19. The Bertz CT molecular complexity index is 769. The second-order valence-electron chi connectivity index (χ2n) is 5.38. The summed E-state index contributed by atoms with van der Waals surface area (Å²) < 4.78 is 31.6. The average molecular weight is 337 g/mol. The lowest BCUT2D eigenvalue weighted by Gasteiger charge is -2.17. The van der Waals surface area contributed by atoms with Gasteiger partial charge in [0, 0.05) is 25.7 Å². The van der Waals surface area contributed by atoms with Crippen LogP contribution < -0.4 is 4.72 Å². The highest BCUT2D eigenvalue weighted by Gasteiger charge is 2.23. The number of aromatic nitrogens is 1. The fourth-order valence-corrected chi connectivity index (χ4v) is 3.30. The number of benzene rings is 1. The Morgan fingerprint density at radius 3 is 2.57 bits per heavy atom. The van der Waals surface area contributed by atoms with Crippen LogP contribution in [0.1, 0.15) is 12.7 Å². The highest BCUT2D eigenvalue weighted by atomic mass is 32.2. The van der Waals surface area contributed by atoms with E-state index in [9.17, 15) is 13.2 Å². The summed E-state index contributed by atoms with van der Waals surface area (Å²) in [7, 11) is -0.582. The van der Waals surface area contributed by atoms with E-state index in [0.717, 1.165) is 5.56 Å². The van der Waals surface area contributed by atoms with Crippen molar-refractivity contribution in [2.45, 2.75) is 18.7 Å². The zero-order valence-electron chi connectivity index (χ0n) is 13.2. The number of hydrogen-bond donors (Lipinski definition) is 1. The van der Waals surface area contributed by atoms with E-state index in [4.69, 9.17) is 4.52 Å². The molecule has 0 aliphatic heterocycles. The van der Waals surface area contributed by atoms with Gasteiger partial charge in [-0.05, 0) is 6.92 Å². The van der Waals surface area contributed by atoms with Gasteiger partial charge >= 0.3 is 0 Å². The molecular weight excluding hydrogens is 318 g/mol. The minimum absolute atomic E-state index is 0.209. The first-order valence-electron chi connectivity index (χ1n) is 7.00. The SMILES string of the molecule is C[C@H](NS(=O)(=O)Cc1cc(-c2ccccc2)no1)C(=O)N(C)C. The van der Waals surface area contributed by atoms with Crippen molar-refractivity contribution in [1.82, 2.24) is 14.8 Å². The van der Waals surface area contributed by atoms with Gasteiger partial charge in [0.05, 0.1) is 6.04 Å². The zero-order valence-corrected chi connectivity index (χ0v) is 14.0. The molecule has 1 atom stereocenters. The summed E-state index contributed by atoms with van der Waals surface area (Å²) in [6, 6.07) is 10.0. The van der Waals surface area contributed by atoms with E-state index >= 15 is 0 Å². The first kappa shape index (κ1) is 17.2. The van der Waals surface area contributed by atoms with Gasteiger partial charge in [-0.2, -0.15) is 0 Å². The predicted octanol–water partition coefficient (Wildman–Crippen LogP) is 1.24. The monoisotopic (exact) mass is 337 g/mol. The van der Waals surface area contributed by atoms with Crippen molar-refractivity contribution < 1.29 is 17.7 Å². The van der Waals surface area contributed by atoms with Gasteiger partial charge < -0.3 is 9.42 Å². The molecule has 23 heavy (non-hydrogen) atoms. The van der Waals surface area contributed by atoms with E-state index in [2.05, 4.69) is 9.88 Å². The number of nitrogens with zero attached hydrogens (tertiary/aromatic N) is 2. The molecular formula is C15H19N3O4S. The van der Waals surface area contributed by atoms with Crippen molar-refractivity contribution in [3.05, 3.63) is 42.2 Å². The molecule has 1 N–H and O–H groups in total. The van der Waals surface area contributed by atoms with Gasteiger partial charge in [0.25, 0.3) is 0 Å². The van der Waals surface area contributed by atoms with Crippen molar-refractivity contribution in [3.63, 3.8) is 0 Å². The summed E-state index contributed by atoms with van der Waals surface area (Å²) in [5.41, 5.74) is 1.40. The third kappa shape index (κ3) is 4.64. The van der Waals surface area contributed by atoms with E-state index in [1.807, 2.05) is 30.3 Å². The van der Waals surface area contributed by atoms with Gasteiger partial charge in [-0.25, -0.2) is 13.1 Å². The van der Waals surface area contributed by atoms with Crippen molar-refractivity contribution in [2.75, 3.05) is 14.1 Å². The average Bonchev–Trinajstić information content (AvgIpc) is 2.94. The Hall–Kier alpha value is -2.19. The summed E-state index contributed by atoms with van der Waals surface area (Å²) in [6.07, 6.45) is 0. The maximum Gasteiger partial charge on any atom is 0.239 e. The molecule has 8 heteroatoms. The van der Waals surface area contributed by atoms with Crippen LogP contribution in [0.5, 0.6) is 0 Å². The minimum Gasteiger partial charge on any atom is -0.360 e. The molecule has 1 amide bonds. The van der Waals surface area contributed by atoms with Crippen LogP contribution >= 0.6 is 0 Å². The standard InChI is InChI=1S/C15H19N3O4S/c1-11(15(19)18(2)3)17-23(20,21)10-13-9-14(16-22-13)12-7-5-4-6-8-12/h4-9,11,17H,10H2,1-3H3/t11-/m0/s1. The number of likely N-dealkylation sites (N-methyl/N-ethyl adjacent to an activating group) is 1. The highest BCUT2D eigenvalue weighted by molar-refractivity contribution is 7.88. The Morgan fingerprint density at radius 1 is 1.30 bits per heavy atom. The van der Waals surface area contributed by atoms with E-state index in [1.165, 1.54) is 11.8 Å². The van der Waals surface area contributed by atoms with Crippen LogP contribution in [0.15, 0.2) is 40.9 Å². The van der Waals surface area contributed by atoms with Crippen molar-refractivity contribution in [2.24, 2.45) is 0 Å². The molecule has 0 spiro atoms. The molecule has 1 aromatic heterocycles. The number of rotatable bonds is 6. The lowest BCUT2D eigenvalue weighted by atomic mass is 10.1. The maximum absolute atomic E-state index is 12.1. The number of amides is 1. The molecule has 0 saturated heterocycles. The van der Waals surface area contributed by atoms with E-state index in [-0.39, 0.29) is 17.4 Å². The van der Waals surface area contributed by atoms with Crippen LogP contribution in [0.4, 0.5) is 0 Å². The number of hydrogen-bond acceptors (Lipinski definition) is 5. The molecule has 2 aromatic rings. The molecule has 0 fully saturated rings. The summed E-state index contributed by atoms with van der Waals surface area (Å²) in [5, 5.41) is 3.87. The maximum atomic E-state index is 12.1. The first-order valence-corrected chi connectivity index (χ1v) is 8.66. The second kappa shape index (κ2) is 6.93. The smallest absolute Gasteiger partial charge is 0.239 e. The quantitative estimate of drug-likeness (QED) is 0.856. The molecule has 124 valence electrons. The number of carbonyl (C=O) groups is 1. The summed E-state index contributed by atoms with van der Waals surface area (Å²) in [4.78, 5) is 13.1. The van der Waals surface area contributed by atoms with E-state index in [0.29, 0.717) is 5.69 Å². The number of nitrogens with one attached hydrogen (secondary N) is 1. The second-order valence-corrected chi connectivity index (χ2v) is 7.13. The predicted molar refractivity (Wildman–Crippen MR) is 85.9 cm³/mol. The Kier molecular flexibility index (Phi) is 5.17. The van der Waals surface area contributed by atoms with Crippen molar-refractivity contribution >= 4 is 15.9 Å². The van der Waals surface area contributed by atoms with Crippen LogP contribution in [-0.2, 0) is 20.6 Å². The van der Waals surface area contributed by atoms with Crippen LogP contribution in [0.25, 0.3) is 11.3 Å². The number of sulfonamides is 1. The van der Waals surface area contributed by atoms with Gasteiger partial charge in [-0.3, -0.25) is 4.79 Å². The lowest BCUT2D eigenvalue weighted by Crippen LogP contribution is -2.44. The number of carbonyl (C=O) groups excluding carboxylic acids is 1. The molecule has 0 bridgehead atoms. The van der Waals surface area contributed by atoms with Gasteiger partial charge in [0.15, 0.2) is 5.76 Å². The van der Waals surface area contributed by atoms with Crippen LogP contribution in [0, 0.1) is 0 Å². The topological polar surface area (TPSA) is 92.5 Å². The van der Waals surface area contributed by atoms with Gasteiger partial charge in [-0.15, -0.1) is 0 Å². The van der Waals surface area contributed by atoms with E-state index < -0.39 is 16.1 Å². The molecule has 2 rings (SSSR count). The third-order valence-corrected chi connectivity index (χ3v) is 4.51. The van der Waals surface area contributed by atoms with Gasteiger partial charge in [0.2, 0.25) is 15.9 Å². The molecule has 0 unspecified atom stereocenters. The first-order chi connectivity index (χ1) is 10.8. The zero-order chi connectivity index (χ0) is 17.0. The molecule has 1 aromatic carbocycles. The summed E-state index contributed by atoms with van der Waals surface area (Å²) >= 11 is 0. The largest absolute Gasteiger partial charge is 0.360 e. The van der Waals surface area contributed by atoms with Crippen LogP contribution in [-0.4, -0.2) is 44.5 Å². The molecule has 0 radical (unpaired) electrons. The summed E-state index contributed by atoms with van der Waals surface area (Å²) in [6.45, 7) is 1.50. The van der Waals surface area contributed by atoms with E-state index in [1.54, 1.807) is 20.2 Å². The molecule has 7 nitrogen and oxygen atoms in total. The van der Waals surface area contributed by atoms with Crippen LogP contribution in [0.2, 0.25) is 0 Å². The fraction of sp³-hybridized carbons (Fsp3) is 0.333. The molecule has 0 saturated carbocycles. The summed E-state index contributed by atoms with van der Waals surface area (Å²) in [5.74, 6) is -0.491. The van der Waals surface area contributed by atoms with Crippen molar-refractivity contribution in [3.8, 4) is 11.3 Å². The lowest BCUT2D eigenvalue weighted by molar-refractivity contribution is -0.130. The Labute approximate surface area is 135 Å².